The number of H-pyrrole nitrogens is 1. The van der Waals surface area contributed by atoms with Gasteiger partial charge in [-0.1, -0.05) is 23.7 Å². The van der Waals surface area contributed by atoms with Crippen molar-refractivity contribution in [2.24, 2.45) is 0 Å². The Labute approximate surface area is 124 Å². The molecule has 21 heavy (non-hydrogen) atoms. The van der Waals surface area contributed by atoms with Gasteiger partial charge in [-0.3, -0.25) is 0 Å². The Hall–Kier alpha value is -2.59. The molecule has 4 rings (SSSR count). The molecule has 0 bridgehead atoms. The second-order valence-corrected chi connectivity index (χ2v) is 5.14. The summed E-state index contributed by atoms with van der Waals surface area (Å²) in [6.45, 7) is 0. The van der Waals surface area contributed by atoms with Crippen LogP contribution in [0.4, 0.5) is 0 Å². The molecular formula is C16H9ClN2O2. The molecule has 0 aliphatic heterocycles. The van der Waals surface area contributed by atoms with E-state index in [2.05, 4.69) is 9.97 Å². The summed E-state index contributed by atoms with van der Waals surface area (Å²) in [4.78, 5) is 19.6. The van der Waals surface area contributed by atoms with Crippen molar-refractivity contribution in [1.82, 2.24) is 9.97 Å². The van der Waals surface area contributed by atoms with Gasteiger partial charge in [-0.2, -0.15) is 0 Å². The van der Waals surface area contributed by atoms with E-state index < -0.39 is 5.63 Å². The quantitative estimate of drug-likeness (QED) is 0.540. The van der Waals surface area contributed by atoms with Crippen LogP contribution in [0, 0.1) is 0 Å². The maximum atomic E-state index is 12.0. The Bertz CT molecular complexity index is 1020. The first-order valence-electron chi connectivity index (χ1n) is 6.40. The highest BCUT2D eigenvalue weighted by Crippen LogP contribution is 2.25. The number of halogens is 1. The molecule has 1 N–H and O–H groups in total. The van der Waals surface area contributed by atoms with Crippen molar-refractivity contribution in [3.63, 3.8) is 0 Å². The Morgan fingerprint density at radius 1 is 1.05 bits per heavy atom. The van der Waals surface area contributed by atoms with Gasteiger partial charge < -0.3 is 9.40 Å². The van der Waals surface area contributed by atoms with E-state index >= 15 is 0 Å². The first-order chi connectivity index (χ1) is 10.2. The van der Waals surface area contributed by atoms with Gasteiger partial charge in [-0.25, -0.2) is 9.78 Å². The summed E-state index contributed by atoms with van der Waals surface area (Å²) in [5.74, 6) is 0.616. The SMILES string of the molecule is O=c1oc2ccccc2c2nc(-c3ccc(Cl)cc3)[nH]c12. The van der Waals surface area contributed by atoms with E-state index in [0.29, 0.717) is 27.5 Å². The van der Waals surface area contributed by atoms with Crippen LogP contribution < -0.4 is 5.63 Å². The van der Waals surface area contributed by atoms with E-state index in [9.17, 15) is 4.79 Å². The monoisotopic (exact) mass is 296 g/mol. The Kier molecular flexibility index (Phi) is 2.59. The molecule has 102 valence electrons. The molecule has 0 aliphatic rings. The van der Waals surface area contributed by atoms with Crippen molar-refractivity contribution in [1.29, 1.82) is 0 Å². The minimum atomic E-state index is -0.420. The Morgan fingerprint density at radius 3 is 2.62 bits per heavy atom. The molecule has 0 fully saturated rings. The molecule has 2 aromatic carbocycles. The van der Waals surface area contributed by atoms with Crippen molar-refractivity contribution in [2.45, 2.75) is 0 Å². The zero-order valence-electron chi connectivity index (χ0n) is 10.8. The fourth-order valence-corrected chi connectivity index (χ4v) is 2.49. The van der Waals surface area contributed by atoms with Crippen LogP contribution in [0.25, 0.3) is 33.4 Å². The first-order valence-corrected chi connectivity index (χ1v) is 6.78. The molecule has 0 amide bonds. The number of imidazole rings is 1. The number of nitrogens with zero attached hydrogens (tertiary/aromatic N) is 1. The number of rotatable bonds is 1. The van der Waals surface area contributed by atoms with Gasteiger partial charge in [0.2, 0.25) is 0 Å². The van der Waals surface area contributed by atoms with Crippen molar-refractivity contribution in [3.8, 4) is 11.4 Å². The zero-order chi connectivity index (χ0) is 14.4. The van der Waals surface area contributed by atoms with Crippen molar-refractivity contribution >= 4 is 33.6 Å². The topological polar surface area (TPSA) is 58.9 Å². The molecule has 0 unspecified atom stereocenters. The van der Waals surface area contributed by atoms with E-state index in [4.69, 9.17) is 16.0 Å². The Balaban J connectivity index is 2.05. The minimum Gasteiger partial charge on any atom is -0.421 e. The van der Waals surface area contributed by atoms with Gasteiger partial charge in [0, 0.05) is 16.0 Å². The van der Waals surface area contributed by atoms with Gasteiger partial charge in [-0.05, 0) is 36.4 Å². The molecule has 0 spiro atoms. The summed E-state index contributed by atoms with van der Waals surface area (Å²) in [5.41, 5.74) is 1.96. The molecule has 0 radical (unpaired) electrons. The summed E-state index contributed by atoms with van der Waals surface area (Å²) in [6, 6.07) is 14.6. The number of hydrogen-bond donors (Lipinski definition) is 1. The molecule has 0 saturated carbocycles. The highest BCUT2D eigenvalue weighted by atomic mass is 35.5. The van der Waals surface area contributed by atoms with Crippen LogP contribution in [-0.4, -0.2) is 9.97 Å². The summed E-state index contributed by atoms with van der Waals surface area (Å²) in [5, 5.41) is 1.46. The number of benzene rings is 2. The molecule has 5 heteroatoms. The van der Waals surface area contributed by atoms with Crippen LogP contribution in [-0.2, 0) is 0 Å². The lowest BCUT2D eigenvalue weighted by Crippen LogP contribution is -1.99. The molecular weight excluding hydrogens is 288 g/mol. The highest BCUT2D eigenvalue weighted by Gasteiger charge is 2.13. The van der Waals surface area contributed by atoms with E-state index in [1.54, 1.807) is 18.2 Å². The number of aromatic nitrogens is 2. The van der Waals surface area contributed by atoms with Crippen molar-refractivity contribution < 1.29 is 4.42 Å². The fourth-order valence-electron chi connectivity index (χ4n) is 2.36. The third-order valence-corrected chi connectivity index (χ3v) is 3.62. The largest absolute Gasteiger partial charge is 0.421 e. The van der Waals surface area contributed by atoms with Gasteiger partial charge in [0.15, 0.2) is 5.52 Å². The van der Waals surface area contributed by atoms with Crippen LogP contribution in [0.3, 0.4) is 0 Å². The molecule has 4 aromatic rings. The molecule has 0 saturated heterocycles. The summed E-state index contributed by atoms with van der Waals surface area (Å²) >= 11 is 5.89. The predicted octanol–water partition coefficient (Wildman–Crippen LogP) is 3.99. The van der Waals surface area contributed by atoms with Gasteiger partial charge in [-0.15, -0.1) is 0 Å². The average Bonchev–Trinajstić information content (AvgIpc) is 2.94. The number of hydrogen-bond acceptors (Lipinski definition) is 3. The van der Waals surface area contributed by atoms with Crippen LogP contribution in [0.1, 0.15) is 0 Å². The molecule has 4 nitrogen and oxygen atoms in total. The van der Waals surface area contributed by atoms with Crippen molar-refractivity contribution in [2.75, 3.05) is 0 Å². The number of fused-ring (bicyclic) bond motifs is 3. The molecule has 0 atom stereocenters. The lowest BCUT2D eigenvalue weighted by molar-refractivity contribution is 0.568. The maximum Gasteiger partial charge on any atom is 0.362 e. The second kappa shape index (κ2) is 4.46. The third kappa shape index (κ3) is 1.92. The highest BCUT2D eigenvalue weighted by molar-refractivity contribution is 6.30. The normalized spacial score (nSPS) is 11.3. The standard InChI is InChI=1S/C16H9ClN2O2/c17-10-7-5-9(6-8-10)15-18-13-11-3-1-2-4-12(11)21-16(20)14(13)19-15/h1-8H,(H,18,19). The van der Waals surface area contributed by atoms with Gasteiger partial charge in [0.05, 0.1) is 0 Å². The number of aromatic amines is 1. The maximum absolute atomic E-state index is 12.0. The van der Waals surface area contributed by atoms with Crippen LogP contribution in [0.5, 0.6) is 0 Å². The fraction of sp³-hybridized carbons (Fsp3) is 0. The van der Waals surface area contributed by atoms with Crippen LogP contribution in [0.15, 0.2) is 57.7 Å². The van der Waals surface area contributed by atoms with Crippen molar-refractivity contribution in [3.05, 3.63) is 64.0 Å². The van der Waals surface area contributed by atoms with Gasteiger partial charge in [0.1, 0.15) is 16.9 Å². The van der Waals surface area contributed by atoms with E-state index in [1.807, 2.05) is 30.3 Å². The summed E-state index contributed by atoms with van der Waals surface area (Å²) < 4.78 is 5.30. The average molecular weight is 297 g/mol. The summed E-state index contributed by atoms with van der Waals surface area (Å²) in [6.07, 6.45) is 0. The third-order valence-electron chi connectivity index (χ3n) is 3.37. The van der Waals surface area contributed by atoms with E-state index in [1.165, 1.54) is 0 Å². The van der Waals surface area contributed by atoms with E-state index in [0.717, 1.165) is 10.9 Å². The lowest BCUT2D eigenvalue weighted by atomic mass is 10.2. The first kappa shape index (κ1) is 12.2. The van der Waals surface area contributed by atoms with E-state index in [-0.39, 0.29) is 0 Å². The number of nitrogens with one attached hydrogen (secondary N) is 1. The molecule has 2 aromatic heterocycles. The van der Waals surface area contributed by atoms with Gasteiger partial charge in [0.25, 0.3) is 0 Å². The van der Waals surface area contributed by atoms with Crippen LogP contribution in [0.2, 0.25) is 5.02 Å². The predicted molar refractivity (Wildman–Crippen MR) is 82.6 cm³/mol. The Morgan fingerprint density at radius 2 is 1.81 bits per heavy atom. The van der Waals surface area contributed by atoms with Gasteiger partial charge >= 0.3 is 5.63 Å². The summed E-state index contributed by atoms with van der Waals surface area (Å²) in [7, 11) is 0. The van der Waals surface area contributed by atoms with Crippen LogP contribution >= 0.6 is 11.6 Å². The molecule has 0 aliphatic carbocycles. The lowest BCUT2D eigenvalue weighted by Gasteiger charge is -1.95. The zero-order valence-corrected chi connectivity index (χ0v) is 11.5. The second-order valence-electron chi connectivity index (χ2n) is 4.70. The molecule has 2 heterocycles. The smallest absolute Gasteiger partial charge is 0.362 e. The number of para-hydroxylation sites is 1. The minimum absolute atomic E-state index is 0.374.